The minimum Gasteiger partial charge on any atom is -0.309 e. The van der Waals surface area contributed by atoms with Crippen molar-refractivity contribution in [2.24, 2.45) is 0 Å². The number of halogens is 2. The molecule has 0 spiro atoms. The number of hydrogen-bond donors (Lipinski definition) is 0. The average Bonchev–Trinajstić information content (AvgIpc) is 2.97. The molecule has 20 heavy (non-hydrogen) atoms. The van der Waals surface area contributed by atoms with Gasteiger partial charge >= 0.3 is 0 Å². The quantitative estimate of drug-likeness (QED) is 0.740. The number of benzene rings is 1. The minimum absolute atomic E-state index is 0.00777. The van der Waals surface area contributed by atoms with Gasteiger partial charge in [-0.15, -0.1) is 35.1 Å². The molecular weight excluding hydrogens is 333 g/mol. The van der Waals surface area contributed by atoms with Crippen molar-refractivity contribution in [3.63, 3.8) is 0 Å². The number of thioether (sulfide) groups is 2. The van der Waals surface area contributed by atoms with Crippen LogP contribution in [-0.2, 0) is 11.2 Å². The van der Waals surface area contributed by atoms with Crippen molar-refractivity contribution in [3.05, 3.63) is 28.8 Å². The molecule has 110 valence electrons. The van der Waals surface area contributed by atoms with E-state index in [2.05, 4.69) is 6.92 Å². The molecule has 1 heterocycles. The Morgan fingerprint density at radius 1 is 1.40 bits per heavy atom. The number of rotatable bonds is 5. The highest BCUT2D eigenvalue weighted by Gasteiger charge is 2.24. The molecule has 1 amide bonds. The fraction of sp³-hybridized carbons (Fsp3) is 0.500. The van der Waals surface area contributed by atoms with E-state index in [-0.39, 0.29) is 11.8 Å². The first-order valence-corrected chi connectivity index (χ1v) is 9.54. The van der Waals surface area contributed by atoms with Crippen LogP contribution < -0.4 is 4.90 Å². The molecule has 2 rings (SSSR count). The summed E-state index contributed by atoms with van der Waals surface area (Å²) in [5, 5.41) is 0.702. The fourth-order valence-corrected chi connectivity index (χ4v) is 5.27. The topological polar surface area (TPSA) is 20.3 Å². The Bertz CT molecular complexity index is 478. The summed E-state index contributed by atoms with van der Waals surface area (Å²) in [5.41, 5.74) is 2.03. The van der Waals surface area contributed by atoms with Crippen LogP contribution in [0.5, 0.6) is 0 Å². The first kappa shape index (κ1) is 16.3. The third-order valence-electron chi connectivity index (χ3n) is 3.15. The van der Waals surface area contributed by atoms with Crippen molar-refractivity contribution < 1.29 is 4.79 Å². The lowest BCUT2D eigenvalue weighted by molar-refractivity contribution is -0.116. The van der Waals surface area contributed by atoms with Crippen molar-refractivity contribution in [3.8, 4) is 0 Å². The van der Waals surface area contributed by atoms with Crippen LogP contribution in [0.25, 0.3) is 0 Å². The molecule has 0 atom stereocenters. The van der Waals surface area contributed by atoms with Gasteiger partial charge in [0.25, 0.3) is 0 Å². The minimum atomic E-state index is -0.0446. The molecule has 0 aliphatic carbocycles. The van der Waals surface area contributed by atoms with Gasteiger partial charge in [-0.05, 0) is 30.2 Å². The normalized spacial score (nSPS) is 15.6. The van der Waals surface area contributed by atoms with E-state index in [1.807, 2.05) is 46.6 Å². The van der Waals surface area contributed by atoms with Crippen molar-refractivity contribution in [2.75, 3.05) is 28.8 Å². The highest BCUT2D eigenvalue weighted by atomic mass is 35.5. The SMILES string of the molecule is CCc1cc(Cl)ccc1N(CC1SCCS1)C(=O)CCl. The summed E-state index contributed by atoms with van der Waals surface area (Å²) in [6.45, 7) is 2.77. The zero-order valence-electron chi connectivity index (χ0n) is 11.3. The maximum Gasteiger partial charge on any atom is 0.241 e. The van der Waals surface area contributed by atoms with Crippen LogP contribution >= 0.6 is 46.7 Å². The van der Waals surface area contributed by atoms with Crippen molar-refractivity contribution in [1.29, 1.82) is 0 Å². The number of carbonyl (C=O) groups is 1. The van der Waals surface area contributed by atoms with Gasteiger partial charge in [-0.25, -0.2) is 0 Å². The van der Waals surface area contributed by atoms with Crippen molar-refractivity contribution >= 4 is 58.3 Å². The summed E-state index contributed by atoms with van der Waals surface area (Å²) in [6, 6.07) is 5.69. The number of aryl methyl sites for hydroxylation is 1. The Balaban J connectivity index is 2.27. The van der Waals surface area contributed by atoms with Crippen LogP contribution in [-0.4, -0.2) is 34.4 Å². The summed E-state index contributed by atoms with van der Waals surface area (Å²) in [4.78, 5) is 14.0. The summed E-state index contributed by atoms with van der Waals surface area (Å²) in [5.74, 6) is 2.27. The van der Waals surface area contributed by atoms with E-state index in [1.165, 1.54) is 0 Å². The van der Waals surface area contributed by atoms with Gasteiger partial charge in [-0.3, -0.25) is 4.79 Å². The molecule has 0 N–H and O–H groups in total. The summed E-state index contributed by atoms with van der Waals surface area (Å²) < 4.78 is 0.433. The molecule has 0 saturated carbocycles. The van der Waals surface area contributed by atoms with E-state index in [0.717, 1.165) is 29.2 Å². The molecule has 0 radical (unpaired) electrons. The van der Waals surface area contributed by atoms with Crippen LogP contribution in [0.3, 0.4) is 0 Å². The van der Waals surface area contributed by atoms with E-state index in [9.17, 15) is 4.79 Å². The second kappa shape index (κ2) is 7.83. The first-order chi connectivity index (χ1) is 9.65. The first-order valence-electron chi connectivity index (χ1n) is 6.53. The molecule has 1 fully saturated rings. The Kier molecular flexibility index (Phi) is 6.40. The standard InChI is InChI=1S/C14H17Cl2NOS2/c1-2-10-7-11(16)3-4-12(10)17(13(18)8-15)9-14-19-5-6-20-14/h3-4,7,14H,2,5-6,8-9H2,1H3. The van der Waals surface area contributed by atoms with E-state index in [4.69, 9.17) is 23.2 Å². The van der Waals surface area contributed by atoms with E-state index in [0.29, 0.717) is 16.1 Å². The molecular formula is C14H17Cl2NOS2. The summed E-state index contributed by atoms with van der Waals surface area (Å²) in [7, 11) is 0. The van der Waals surface area contributed by atoms with Gasteiger partial charge in [0.1, 0.15) is 5.88 Å². The van der Waals surface area contributed by atoms with Crippen LogP contribution in [0.4, 0.5) is 5.69 Å². The van der Waals surface area contributed by atoms with E-state index >= 15 is 0 Å². The monoisotopic (exact) mass is 349 g/mol. The molecule has 0 bridgehead atoms. The molecule has 1 aliphatic heterocycles. The molecule has 1 aliphatic rings. The third kappa shape index (κ3) is 4.00. The van der Waals surface area contributed by atoms with Crippen LogP contribution in [0, 0.1) is 0 Å². The number of anilines is 1. The second-order valence-corrected chi connectivity index (χ2v) is 8.06. The van der Waals surface area contributed by atoms with Crippen LogP contribution in [0.2, 0.25) is 5.02 Å². The molecule has 6 heteroatoms. The van der Waals surface area contributed by atoms with Gasteiger partial charge in [-0.1, -0.05) is 18.5 Å². The van der Waals surface area contributed by atoms with Crippen LogP contribution in [0.15, 0.2) is 18.2 Å². The van der Waals surface area contributed by atoms with Gasteiger partial charge in [0.2, 0.25) is 5.91 Å². The molecule has 1 aromatic rings. The average molecular weight is 350 g/mol. The molecule has 0 aromatic heterocycles. The maximum atomic E-state index is 12.2. The molecule has 2 nitrogen and oxygen atoms in total. The Labute approximate surface area is 138 Å². The summed E-state index contributed by atoms with van der Waals surface area (Å²) in [6.07, 6.45) is 0.840. The second-order valence-electron chi connectivity index (χ2n) is 4.44. The van der Waals surface area contributed by atoms with E-state index in [1.54, 1.807) is 0 Å². The van der Waals surface area contributed by atoms with Gasteiger partial charge in [0.05, 0.1) is 4.58 Å². The third-order valence-corrected chi connectivity index (χ3v) is 6.61. The van der Waals surface area contributed by atoms with E-state index < -0.39 is 0 Å². The van der Waals surface area contributed by atoms with Gasteiger partial charge in [-0.2, -0.15) is 0 Å². The Morgan fingerprint density at radius 3 is 2.70 bits per heavy atom. The lowest BCUT2D eigenvalue weighted by atomic mass is 10.1. The molecule has 1 saturated heterocycles. The number of nitrogens with zero attached hydrogens (tertiary/aromatic N) is 1. The van der Waals surface area contributed by atoms with Crippen molar-refractivity contribution in [2.45, 2.75) is 17.9 Å². The Morgan fingerprint density at radius 2 is 2.10 bits per heavy atom. The lowest BCUT2D eigenvalue weighted by Gasteiger charge is -2.26. The highest BCUT2D eigenvalue weighted by Crippen LogP contribution is 2.34. The summed E-state index contributed by atoms with van der Waals surface area (Å²) >= 11 is 15.6. The number of carbonyl (C=O) groups excluding carboxylic acids is 1. The number of amides is 1. The molecule has 0 unspecified atom stereocenters. The van der Waals surface area contributed by atoms with Gasteiger partial charge in [0.15, 0.2) is 0 Å². The molecule has 1 aromatic carbocycles. The zero-order chi connectivity index (χ0) is 14.5. The maximum absolute atomic E-state index is 12.2. The zero-order valence-corrected chi connectivity index (χ0v) is 14.4. The van der Waals surface area contributed by atoms with Crippen LogP contribution in [0.1, 0.15) is 12.5 Å². The fourth-order valence-electron chi connectivity index (χ4n) is 2.17. The largest absolute Gasteiger partial charge is 0.309 e. The number of hydrogen-bond acceptors (Lipinski definition) is 3. The predicted molar refractivity (Wildman–Crippen MR) is 92.6 cm³/mol. The van der Waals surface area contributed by atoms with Gasteiger partial charge < -0.3 is 4.90 Å². The Hall–Kier alpha value is -0.0300. The highest BCUT2D eigenvalue weighted by molar-refractivity contribution is 8.20. The number of alkyl halides is 1. The van der Waals surface area contributed by atoms with Gasteiger partial charge in [0, 0.05) is 28.8 Å². The lowest BCUT2D eigenvalue weighted by Crippen LogP contribution is -2.36. The predicted octanol–water partition coefficient (Wildman–Crippen LogP) is 4.28. The van der Waals surface area contributed by atoms with Crippen molar-refractivity contribution in [1.82, 2.24) is 0 Å². The smallest absolute Gasteiger partial charge is 0.241 e.